The van der Waals surface area contributed by atoms with Crippen molar-refractivity contribution in [1.29, 1.82) is 5.26 Å². The highest BCUT2D eigenvalue weighted by molar-refractivity contribution is 5.81. The largest absolute Gasteiger partial charge is 0.384 e. The molecular formula is C12H20N2O2. The fourth-order valence-electron chi connectivity index (χ4n) is 2.09. The molecule has 1 fully saturated rings. The highest BCUT2D eigenvalue weighted by Gasteiger charge is 2.32. The first-order valence-electron chi connectivity index (χ1n) is 5.77. The molecule has 0 aromatic carbocycles. The fourth-order valence-corrected chi connectivity index (χ4v) is 2.09. The van der Waals surface area contributed by atoms with E-state index in [1.54, 1.807) is 12.0 Å². The third-order valence-corrected chi connectivity index (χ3v) is 3.07. The summed E-state index contributed by atoms with van der Waals surface area (Å²) in [5.74, 6) is -0.00294. The number of hydrogen-bond donors (Lipinski definition) is 0. The van der Waals surface area contributed by atoms with Gasteiger partial charge in [-0.3, -0.25) is 4.79 Å². The molecule has 0 radical (unpaired) electrons. The minimum Gasteiger partial charge on any atom is -0.384 e. The Hall–Kier alpha value is -1.08. The minimum absolute atomic E-state index is 0.0175. The maximum atomic E-state index is 12.0. The van der Waals surface area contributed by atoms with Gasteiger partial charge >= 0.3 is 0 Å². The van der Waals surface area contributed by atoms with Crippen LogP contribution >= 0.6 is 0 Å². The number of nitriles is 1. The lowest BCUT2D eigenvalue weighted by molar-refractivity contribution is -0.134. The molecule has 4 nitrogen and oxygen atoms in total. The summed E-state index contributed by atoms with van der Waals surface area (Å²) >= 11 is 0. The smallest absolute Gasteiger partial charge is 0.240 e. The van der Waals surface area contributed by atoms with Crippen molar-refractivity contribution in [3.05, 3.63) is 0 Å². The quantitative estimate of drug-likeness (QED) is 0.722. The zero-order valence-electron chi connectivity index (χ0n) is 10.3. The summed E-state index contributed by atoms with van der Waals surface area (Å²) in [6.07, 6.45) is 0.982. The lowest BCUT2D eigenvalue weighted by atomic mass is 9.96. The first kappa shape index (κ1) is 13.0. The van der Waals surface area contributed by atoms with Crippen LogP contribution in [0.1, 0.15) is 20.3 Å². The molecule has 2 unspecified atom stereocenters. The van der Waals surface area contributed by atoms with Crippen molar-refractivity contribution in [2.24, 2.45) is 17.8 Å². The molecular weight excluding hydrogens is 204 g/mol. The van der Waals surface area contributed by atoms with Crippen molar-refractivity contribution in [2.45, 2.75) is 20.3 Å². The monoisotopic (exact) mass is 224 g/mol. The van der Waals surface area contributed by atoms with Gasteiger partial charge in [-0.05, 0) is 12.3 Å². The molecule has 1 aliphatic heterocycles. The Balaban J connectivity index is 2.53. The molecule has 0 aromatic rings. The van der Waals surface area contributed by atoms with Crippen molar-refractivity contribution >= 4 is 5.91 Å². The molecule has 1 rings (SSSR count). The zero-order valence-corrected chi connectivity index (χ0v) is 10.3. The van der Waals surface area contributed by atoms with E-state index in [9.17, 15) is 4.79 Å². The van der Waals surface area contributed by atoms with Crippen molar-refractivity contribution in [3.8, 4) is 6.07 Å². The lowest BCUT2D eigenvalue weighted by Crippen LogP contribution is -2.36. The van der Waals surface area contributed by atoms with E-state index in [0.717, 1.165) is 19.5 Å². The van der Waals surface area contributed by atoms with E-state index in [4.69, 9.17) is 10.00 Å². The van der Waals surface area contributed by atoms with E-state index >= 15 is 0 Å². The van der Waals surface area contributed by atoms with Crippen molar-refractivity contribution < 1.29 is 9.53 Å². The SMILES string of the molecule is COCC1CCN(C(=O)C(C#N)C(C)C)C1. The van der Waals surface area contributed by atoms with Crippen LogP contribution in [0.2, 0.25) is 0 Å². The van der Waals surface area contributed by atoms with Gasteiger partial charge in [0.15, 0.2) is 0 Å². The van der Waals surface area contributed by atoms with Crippen molar-refractivity contribution in [1.82, 2.24) is 4.90 Å². The first-order valence-corrected chi connectivity index (χ1v) is 5.77. The predicted octanol–water partition coefficient (Wildman–Crippen LogP) is 1.28. The lowest BCUT2D eigenvalue weighted by Gasteiger charge is -2.21. The van der Waals surface area contributed by atoms with Crippen LogP contribution < -0.4 is 0 Å². The number of methoxy groups -OCH3 is 1. The summed E-state index contributed by atoms with van der Waals surface area (Å²) in [4.78, 5) is 13.8. The molecule has 2 atom stereocenters. The molecule has 1 saturated heterocycles. The number of carbonyl (C=O) groups is 1. The van der Waals surface area contributed by atoms with E-state index in [1.165, 1.54) is 0 Å². The van der Waals surface area contributed by atoms with Crippen LogP contribution in [0.3, 0.4) is 0 Å². The Morgan fingerprint density at radius 3 is 2.81 bits per heavy atom. The third kappa shape index (κ3) is 2.96. The van der Waals surface area contributed by atoms with Crippen LogP contribution in [-0.2, 0) is 9.53 Å². The average molecular weight is 224 g/mol. The summed E-state index contributed by atoms with van der Waals surface area (Å²) in [5, 5.41) is 8.97. The zero-order chi connectivity index (χ0) is 12.1. The van der Waals surface area contributed by atoms with Gasteiger partial charge < -0.3 is 9.64 Å². The number of nitrogens with zero attached hydrogens (tertiary/aromatic N) is 2. The van der Waals surface area contributed by atoms with Crippen LogP contribution in [0, 0.1) is 29.1 Å². The molecule has 1 aliphatic rings. The number of amides is 1. The predicted molar refractivity (Wildman–Crippen MR) is 60.5 cm³/mol. The molecule has 4 heteroatoms. The van der Waals surface area contributed by atoms with Gasteiger partial charge in [-0.1, -0.05) is 13.8 Å². The van der Waals surface area contributed by atoms with Gasteiger partial charge in [0.25, 0.3) is 0 Å². The number of likely N-dealkylation sites (tertiary alicyclic amines) is 1. The molecule has 16 heavy (non-hydrogen) atoms. The number of carbonyl (C=O) groups excluding carboxylic acids is 1. The Labute approximate surface area is 97.2 Å². The minimum atomic E-state index is -0.499. The van der Waals surface area contributed by atoms with Crippen LogP contribution in [-0.4, -0.2) is 37.6 Å². The van der Waals surface area contributed by atoms with E-state index < -0.39 is 5.92 Å². The summed E-state index contributed by atoms with van der Waals surface area (Å²) in [6.45, 7) is 6.01. The molecule has 0 spiro atoms. The second kappa shape index (κ2) is 5.86. The van der Waals surface area contributed by atoms with E-state index in [2.05, 4.69) is 6.07 Å². The third-order valence-electron chi connectivity index (χ3n) is 3.07. The first-order chi connectivity index (χ1) is 7.60. The molecule has 1 amide bonds. The van der Waals surface area contributed by atoms with E-state index in [1.807, 2.05) is 13.8 Å². The van der Waals surface area contributed by atoms with Gasteiger partial charge in [0.2, 0.25) is 5.91 Å². The van der Waals surface area contributed by atoms with Crippen LogP contribution in [0.15, 0.2) is 0 Å². The highest BCUT2D eigenvalue weighted by Crippen LogP contribution is 2.21. The average Bonchev–Trinajstić information content (AvgIpc) is 2.67. The van der Waals surface area contributed by atoms with Gasteiger partial charge in [-0.25, -0.2) is 0 Å². The Morgan fingerprint density at radius 1 is 1.62 bits per heavy atom. The van der Waals surface area contributed by atoms with Crippen LogP contribution in [0.25, 0.3) is 0 Å². The topological polar surface area (TPSA) is 53.3 Å². The Bertz CT molecular complexity index is 283. The highest BCUT2D eigenvalue weighted by atomic mass is 16.5. The molecule has 0 bridgehead atoms. The van der Waals surface area contributed by atoms with Gasteiger partial charge in [-0.15, -0.1) is 0 Å². The number of rotatable bonds is 4. The Morgan fingerprint density at radius 2 is 2.31 bits per heavy atom. The van der Waals surface area contributed by atoms with E-state index in [0.29, 0.717) is 12.5 Å². The van der Waals surface area contributed by atoms with Gasteiger partial charge in [0.1, 0.15) is 5.92 Å². The molecule has 0 N–H and O–H groups in total. The second-order valence-electron chi connectivity index (χ2n) is 4.75. The summed E-state index contributed by atoms with van der Waals surface area (Å²) in [7, 11) is 1.68. The van der Waals surface area contributed by atoms with Crippen LogP contribution in [0.5, 0.6) is 0 Å². The maximum Gasteiger partial charge on any atom is 0.240 e. The molecule has 0 aromatic heterocycles. The molecule has 0 aliphatic carbocycles. The molecule has 90 valence electrons. The van der Waals surface area contributed by atoms with E-state index in [-0.39, 0.29) is 11.8 Å². The molecule has 1 heterocycles. The van der Waals surface area contributed by atoms with Crippen molar-refractivity contribution in [3.63, 3.8) is 0 Å². The Kier molecular flexibility index (Phi) is 4.75. The summed E-state index contributed by atoms with van der Waals surface area (Å²) in [6, 6.07) is 2.10. The normalized spacial score (nSPS) is 22.2. The van der Waals surface area contributed by atoms with Crippen molar-refractivity contribution in [2.75, 3.05) is 26.8 Å². The fraction of sp³-hybridized carbons (Fsp3) is 0.833. The number of ether oxygens (including phenoxy) is 1. The van der Waals surface area contributed by atoms with Crippen LogP contribution in [0.4, 0.5) is 0 Å². The maximum absolute atomic E-state index is 12.0. The number of hydrogen-bond acceptors (Lipinski definition) is 3. The second-order valence-corrected chi connectivity index (χ2v) is 4.75. The van der Waals surface area contributed by atoms with Gasteiger partial charge in [0.05, 0.1) is 12.7 Å². The van der Waals surface area contributed by atoms with Gasteiger partial charge in [-0.2, -0.15) is 5.26 Å². The molecule has 0 saturated carbocycles. The standard InChI is InChI=1S/C12H20N2O2/c1-9(2)11(6-13)12(15)14-5-4-10(7-14)8-16-3/h9-11H,4-5,7-8H2,1-3H3. The van der Waals surface area contributed by atoms with Gasteiger partial charge in [0, 0.05) is 26.1 Å². The summed E-state index contributed by atoms with van der Waals surface area (Å²) < 4.78 is 5.09. The summed E-state index contributed by atoms with van der Waals surface area (Å²) in [5.41, 5.74) is 0.